The van der Waals surface area contributed by atoms with Gasteiger partial charge in [-0.3, -0.25) is 0 Å². The van der Waals surface area contributed by atoms with Crippen molar-refractivity contribution in [2.24, 2.45) is 0 Å². The van der Waals surface area contributed by atoms with Crippen LogP contribution in [0, 0.1) is 6.92 Å². The van der Waals surface area contributed by atoms with Crippen molar-refractivity contribution in [3.05, 3.63) is 51.2 Å². The van der Waals surface area contributed by atoms with E-state index < -0.39 is 0 Å². The molecular weight excluding hydrogens is 410 g/mol. The van der Waals surface area contributed by atoms with Crippen molar-refractivity contribution in [2.45, 2.75) is 6.92 Å². The maximum absolute atomic E-state index is 5.31. The highest BCUT2D eigenvalue weighted by atomic mass is 79.9. The summed E-state index contributed by atoms with van der Waals surface area (Å²) >= 11 is 6.98. The van der Waals surface area contributed by atoms with E-state index in [0.29, 0.717) is 0 Å². The Morgan fingerprint density at radius 3 is 2.64 bits per heavy atom. The van der Waals surface area contributed by atoms with Crippen molar-refractivity contribution >= 4 is 54.3 Å². The van der Waals surface area contributed by atoms with Crippen LogP contribution in [-0.4, -0.2) is 17.1 Å². The van der Waals surface area contributed by atoms with Gasteiger partial charge in [0.1, 0.15) is 17.9 Å². The van der Waals surface area contributed by atoms with Gasteiger partial charge in [-0.1, -0.05) is 15.9 Å². The van der Waals surface area contributed by atoms with E-state index in [1.165, 1.54) is 0 Å². The molecule has 0 saturated carbocycles. The lowest BCUT2D eigenvalue weighted by atomic mass is 10.2. The van der Waals surface area contributed by atoms with E-state index in [0.717, 1.165) is 42.7 Å². The third-order valence-corrected chi connectivity index (χ3v) is 4.46. The fraction of sp³-hybridized carbons (Fsp3) is 0.125. The number of aromatic nitrogens is 2. The van der Waals surface area contributed by atoms with Gasteiger partial charge >= 0.3 is 0 Å². The molecule has 1 aromatic heterocycles. The number of ether oxygens (including phenoxy) is 1. The third kappa shape index (κ3) is 2.94. The summed E-state index contributed by atoms with van der Waals surface area (Å²) in [5.74, 6) is 1.51. The SMILES string of the molecule is COc1cc2ncnc(Nc3ccc(Br)cc3C)c2cc1Br. The number of aryl methyl sites for hydroxylation is 1. The van der Waals surface area contributed by atoms with Crippen LogP contribution in [0.3, 0.4) is 0 Å². The highest BCUT2D eigenvalue weighted by Crippen LogP contribution is 2.33. The van der Waals surface area contributed by atoms with E-state index in [9.17, 15) is 0 Å². The Bertz CT molecular complexity index is 852. The number of methoxy groups -OCH3 is 1. The Morgan fingerprint density at radius 2 is 1.91 bits per heavy atom. The monoisotopic (exact) mass is 421 g/mol. The highest BCUT2D eigenvalue weighted by molar-refractivity contribution is 9.10. The maximum atomic E-state index is 5.31. The summed E-state index contributed by atoms with van der Waals surface area (Å²) in [6.07, 6.45) is 1.55. The quantitative estimate of drug-likeness (QED) is 0.628. The largest absolute Gasteiger partial charge is 0.495 e. The number of hydrogen-bond donors (Lipinski definition) is 1. The van der Waals surface area contributed by atoms with Crippen LogP contribution in [0.15, 0.2) is 45.6 Å². The summed E-state index contributed by atoms with van der Waals surface area (Å²) < 4.78 is 7.23. The van der Waals surface area contributed by atoms with Gasteiger partial charge in [0.05, 0.1) is 17.1 Å². The number of fused-ring (bicyclic) bond motifs is 1. The molecule has 1 N–H and O–H groups in total. The lowest BCUT2D eigenvalue weighted by Gasteiger charge is -2.12. The lowest BCUT2D eigenvalue weighted by Crippen LogP contribution is -1.98. The van der Waals surface area contributed by atoms with Crippen molar-refractivity contribution in [1.29, 1.82) is 0 Å². The van der Waals surface area contributed by atoms with E-state index in [1.807, 2.05) is 24.3 Å². The molecule has 0 fully saturated rings. The third-order valence-electron chi connectivity index (χ3n) is 3.35. The fourth-order valence-corrected chi connectivity index (χ4v) is 3.19. The van der Waals surface area contributed by atoms with Crippen molar-refractivity contribution in [2.75, 3.05) is 12.4 Å². The minimum Gasteiger partial charge on any atom is -0.495 e. The van der Waals surface area contributed by atoms with Crippen molar-refractivity contribution in [3.63, 3.8) is 0 Å². The predicted molar refractivity (Wildman–Crippen MR) is 96.0 cm³/mol. The number of rotatable bonds is 3. The second-order valence-corrected chi connectivity index (χ2v) is 6.58. The molecule has 0 spiro atoms. The fourth-order valence-electron chi connectivity index (χ4n) is 2.21. The molecule has 0 saturated heterocycles. The summed E-state index contributed by atoms with van der Waals surface area (Å²) in [4.78, 5) is 8.68. The smallest absolute Gasteiger partial charge is 0.141 e. The first-order valence-corrected chi connectivity index (χ1v) is 8.18. The number of nitrogens with zero attached hydrogens (tertiary/aromatic N) is 2. The highest BCUT2D eigenvalue weighted by Gasteiger charge is 2.10. The average molecular weight is 423 g/mol. The first kappa shape index (κ1) is 15.2. The molecule has 0 bridgehead atoms. The number of halogens is 2. The van der Waals surface area contributed by atoms with Crippen LogP contribution >= 0.6 is 31.9 Å². The molecule has 4 nitrogen and oxygen atoms in total. The summed E-state index contributed by atoms with van der Waals surface area (Å²) in [5, 5.41) is 4.30. The minimum absolute atomic E-state index is 0.747. The molecule has 3 rings (SSSR count). The Morgan fingerprint density at radius 1 is 1.09 bits per heavy atom. The second kappa shape index (κ2) is 6.22. The standard InChI is InChI=1S/C16H13Br2N3O/c1-9-5-10(17)3-4-13(9)21-16-11-6-12(18)15(22-2)7-14(11)19-8-20-16/h3-8H,1-2H3,(H,19,20,21). The summed E-state index contributed by atoms with van der Waals surface area (Å²) in [7, 11) is 1.64. The molecular formula is C16H13Br2N3O. The van der Waals surface area contributed by atoms with Gasteiger partial charge in [0.25, 0.3) is 0 Å². The zero-order valence-electron chi connectivity index (χ0n) is 12.0. The van der Waals surface area contributed by atoms with E-state index in [4.69, 9.17) is 4.74 Å². The van der Waals surface area contributed by atoms with E-state index in [2.05, 4.69) is 60.1 Å². The molecule has 112 valence electrons. The van der Waals surface area contributed by atoms with Gasteiger partial charge in [0.15, 0.2) is 0 Å². The average Bonchev–Trinajstić information content (AvgIpc) is 2.50. The first-order chi connectivity index (χ1) is 10.6. The van der Waals surface area contributed by atoms with E-state index in [-0.39, 0.29) is 0 Å². The van der Waals surface area contributed by atoms with Crippen LogP contribution < -0.4 is 10.1 Å². The number of hydrogen-bond acceptors (Lipinski definition) is 4. The minimum atomic E-state index is 0.747. The zero-order valence-corrected chi connectivity index (χ0v) is 15.2. The molecule has 0 atom stereocenters. The van der Waals surface area contributed by atoms with Gasteiger partial charge in [-0.15, -0.1) is 0 Å². The Balaban J connectivity index is 2.09. The Hall–Kier alpha value is -1.66. The second-order valence-electron chi connectivity index (χ2n) is 4.81. The van der Waals surface area contributed by atoms with Gasteiger partial charge in [-0.2, -0.15) is 0 Å². The van der Waals surface area contributed by atoms with Crippen LogP contribution in [0.2, 0.25) is 0 Å². The molecule has 6 heteroatoms. The molecule has 2 aromatic carbocycles. The van der Waals surface area contributed by atoms with Crippen molar-refractivity contribution in [3.8, 4) is 5.75 Å². The van der Waals surface area contributed by atoms with E-state index in [1.54, 1.807) is 13.4 Å². The van der Waals surface area contributed by atoms with Crippen molar-refractivity contribution in [1.82, 2.24) is 9.97 Å². The molecule has 3 aromatic rings. The van der Waals surface area contributed by atoms with Crippen LogP contribution in [0.1, 0.15) is 5.56 Å². The molecule has 0 radical (unpaired) electrons. The first-order valence-electron chi connectivity index (χ1n) is 6.60. The molecule has 0 amide bonds. The lowest BCUT2D eigenvalue weighted by molar-refractivity contribution is 0.412. The van der Waals surface area contributed by atoms with Crippen LogP contribution in [-0.2, 0) is 0 Å². The van der Waals surface area contributed by atoms with Crippen LogP contribution in [0.25, 0.3) is 10.9 Å². The van der Waals surface area contributed by atoms with Crippen LogP contribution in [0.4, 0.5) is 11.5 Å². The molecule has 1 heterocycles. The number of anilines is 2. The Labute approximate surface area is 145 Å². The summed E-state index contributed by atoms with van der Waals surface area (Å²) in [6, 6.07) is 9.93. The maximum Gasteiger partial charge on any atom is 0.141 e. The normalized spacial score (nSPS) is 10.7. The summed E-state index contributed by atoms with van der Waals surface area (Å²) in [5.41, 5.74) is 2.97. The molecule has 0 aliphatic carbocycles. The van der Waals surface area contributed by atoms with E-state index >= 15 is 0 Å². The predicted octanol–water partition coefficient (Wildman–Crippen LogP) is 5.22. The molecule has 0 unspecified atom stereocenters. The topological polar surface area (TPSA) is 47.0 Å². The number of nitrogens with one attached hydrogen (secondary N) is 1. The zero-order chi connectivity index (χ0) is 15.7. The number of benzene rings is 2. The molecule has 0 aliphatic heterocycles. The molecule has 0 aliphatic rings. The van der Waals surface area contributed by atoms with Gasteiger partial charge in [0, 0.05) is 21.6 Å². The molecule has 22 heavy (non-hydrogen) atoms. The van der Waals surface area contributed by atoms with Gasteiger partial charge in [0.2, 0.25) is 0 Å². The van der Waals surface area contributed by atoms with Crippen LogP contribution in [0.5, 0.6) is 5.75 Å². The van der Waals surface area contributed by atoms with Gasteiger partial charge in [-0.25, -0.2) is 9.97 Å². The van der Waals surface area contributed by atoms with Gasteiger partial charge in [-0.05, 0) is 52.7 Å². The summed E-state index contributed by atoms with van der Waals surface area (Å²) in [6.45, 7) is 2.05. The Kier molecular flexibility index (Phi) is 4.31. The van der Waals surface area contributed by atoms with Gasteiger partial charge < -0.3 is 10.1 Å². The van der Waals surface area contributed by atoms with Crippen molar-refractivity contribution < 1.29 is 4.74 Å².